The van der Waals surface area contributed by atoms with Gasteiger partial charge in [-0.15, -0.1) is 0 Å². The van der Waals surface area contributed by atoms with Crippen molar-refractivity contribution in [2.75, 3.05) is 13.1 Å². The monoisotopic (exact) mass is 241 g/mol. The molecular weight excluding hydrogens is 214 g/mol. The highest BCUT2D eigenvalue weighted by atomic mass is 16.4. The zero-order chi connectivity index (χ0) is 13.1. The highest BCUT2D eigenvalue weighted by Crippen LogP contribution is 2.35. The Bertz CT molecular complexity index is 261. The smallest absolute Gasteiger partial charge is 0.321 e. The van der Waals surface area contributed by atoms with E-state index < -0.39 is 5.97 Å². The fourth-order valence-corrected chi connectivity index (χ4v) is 2.93. The van der Waals surface area contributed by atoms with Crippen LogP contribution in [-0.2, 0) is 4.79 Å². The molecule has 0 aromatic heterocycles. The fourth-order valence-electron chi connectivity index (χ4n) is 2.93. The van der Waals surface area contributed by atoms with Gasteiger partial charge in [-0.2, -0.15) is 0 Å². The summed E-state index contributed by atoms with van der Waals surface area (Å²) in [7, 11) is 0. The number of piperidine rings is 1. The van der Waals surface area contributed by atoms with Gasteiger partial charge >= 0.3 is 5.97 Å². The fraction of sp³-hybridized carbons (Fsp3) is 0.929. The first kappa shape index (κ1) is 14.5. The third-order valence-corrected chi connectivity index (χ3v) is 3.83. The van der Waals surface area contributed by atoms with Gasteiger partial charge in [-0.1, -0.05) is 27.7 Å². The van der Waals surface area contributed by atoms with Gasteiger partial charge in [-0.05, 0) is 50.1 Å². The molecule has 1 unspecified atom stereocenters. The number of rotatable bonds is 5. The van der Waals surface area contributed by atoms with Crippen molar-refractivity contribution in [3.05, 3.63) is 0 Å². The Morgan fingerprint density at radius 2 is 2.12 bits per heavy atom. The quantitative estimate of drug-likeness (QED) is 0.804. The standard InChI is InChI=1S/C14H27NO2/c1-11(2)7-5-9-15-10-6-8-14(3,4)12(15)13(16)17/h11-12H,5-10H2,1-4H3,(H,16,17). The van der Waals surface area contributed by atoms with Crippen molar-refractivity contribution in [3.8, 4) is 0 Å². The van der Waals surface area contributed by atoms with Crippen molar-refractivity contribution >= 4 is 5.97 Å². The van der Waals surface area contributed by atoms with Crippen LogP contribution in [0.4, 0.5) is 0 Å². The SMILES string of the molecule is CC(C)CCCN1CCCC(C)(C)C1C(=O)O. The average Bonchev–Trinajstić information content (AvgIpc) is 2.14. The minimum absolute atomic E-state index is 0.0953. The predicted molar refractivity (Wildman–Crippen MR) is 70.1 cm³/mol. The number of hydrogen-bond acceptors (Lipinski definition) is 2. The first-order valence-corrected chi connectivity index (χ1v) is 6.81. The molecule has 1 aliphatic heterocycles. The molecule has 0 spiro atoms. The molecule has 1 aliphatic rings. The second-order valence-electron chi connectivity index (χ2n) is 6.40. The predicted octanol–water partition coefficient (Wildman–Crippen LogP) is 3.00. The molecule has 0 bridgehead atoms. The van der Waals surface area contributed by atoms with E-state index in [1.165, 1.54) is 6.42 Å². The van der Waals surface area contributed by atoms with Crippen LogP contribution in [0.2, 0.25) is 0 Å². The van der Waals surface area contributed by atoms with Crippen LogP contribution in [0.3, 0.4) is 0 Å². The maximum Gasteiger partial charge on any atom is 0.321 e. The summed E-state index contributed by atoms with van der Waals surface area (Å²) in [5, 5.41) is 9.41. The van der Waals surface area contributed by atoms with Crippen LogP contribution >= 0.6 is 0 Å². The van der Waals surface area contributed by atoms with Gasteiger partial charge in [-0.3, -0.25) is 9.69 Å². The van der Waals surface area contributed by atoms with Crippen LogP contribution < -0.4 is 0 Å². The van der Waals surface area contributed by atoms with E-state index in [-0.39, 0.29) is 11.5 Å². The van der Waals surface area contributed by atoms with Crippen LogP contribution in [0.25, 0.3) is 0 Å². The van der Waals surface area contributed by atoms with Crippen molar-refractivity contribution in [1.82, 2.24) is 4.90 Å². The Morgan fingerprint density at radius 3 is 2.65 bits per heavy atom. The highest BCUT2D eigenvalue weighted by molar-refractivity contribution is 5.74. The number of carboxylic acids is 1. The molecule has 1 N–H and O–H groups in total. The Balaban J connectivity index is 2.59. The first-order valence-electron chi connectivity index (χ1n) is 6.81. The van der Waals surface area contributed by atoms with Crippen molar-refractivity contribution in [3.63, 3.8) is 0 Å². The van der Waals surface area contributed by atoms with E-state index in [1.54, 1.807) is 0 Å². The van der Waals surface area contributed by atoms with Crippen molar-refractivity contribution in [2.45, 2.75) is 59.4 Å². The summed E-state index contributed by atoms with van der Waals surface area (Å²) < 4.78 is 0. The van der Waals surface area contributed by atoms with Crippen molar-refractivity contribution < 1.29 is 9.90 Å². The van der Waals surface area contributed by atoms with Crippen molar-refractivity contribution in [1.29, 1.82) is 0 Å². The summed E-state index contributed by atoms with van der Waals surface area (Å²) in [4.78, 5) is 13.6. The molecule has 0 aromatic carbocycles. The van der Waals surface area contributed by atoms with E-state index in [0.29, 0.717) is 5.92 Å². The maximum atomic E-state index is 11.4. The lowest BCUT2D eigenvalue weighted by molar-refractivity contribution is -0.150. The summed E-state index contributed by atoms with van der Waals surface area (Å²) in [5.74, 6) is 0.0512. The Kier molecular flexibility index (Phi) is 4.99. The Hall–Kier alpha value is -0.570. The number of carbonyl (C=O) groups is 1. The largest absolute Gasteiger partial charge is 0.480 e. The molecule has 0 aromatic rings. The van der Waals surface area contributed by atoms with Crippen LogP contribution in [0.15, 0.2) is 0 Å². The zero-order valence-electron chi connectivity index (χ0n) is 11.7. The van der Waals surface area contributed by atoms with E-state index in [4.69, 9.17) is 0 Å². The van der Waals surface area contributed by atoms with E-state index in [9.17, 15) is 9.90 Å². The summed E-state index contributed by atoms with van der Waals surface area (Å²) >= 11 is 0. The summed E-state index contributed by atoms with van der Waals surface area (Å²) in [6.45, 7) is 10.5. The van der Waals surface area contributed by atoms with Gasteiger partial charge in [0.2, 0.25) is 0 Å². The lowest BCUT2D eigenvalue weighted by atomic mass is 9.76. The minimum atomic E-state index is -0.653. The average molecular weight is 241 g/mol. The number of aliphatic carboxylic acids is 1. The number of nitrogens with zero attached hydrogens (tertiary/aromatic N) is 1. The lowest BCUT2D eigenvalue weighted by Gasteiger charge is -2.44. The van der Waals surface area contributed by atoms with Gasteiger partial charge < -0.3 is 5.11 Å². The van der Waals surface area contributed by atoms with Crippen LogP contribution in [0.5, 0.6) is 0 Å². The van der Waals surface area contributed by atoms with Gasteiger partial charge in [0.1, 0.15) is 6.04 Å². The Morgan fingerprint density at radius 1 is 1.47 bits per heavy atom. The second kappa shape index (κ2) is 5.85. The molecule has 1 heterocycles. The molecule has 0 radical (unpaired) electrons. The molecule has 100 valence electrons. The van der Waals surface area contributed by atoms with Crippen LogP contribution in [0.1, 0.15) is 53.4 Å². The van der Waals surface area contributed by atoms with E-state index in [2.05, 4.69) is 32.6 Å². The van der Waals surface area contributed by atoms with E-state index in [1.807, 2.05) is 0 Å². The second-order valence-corrected chi connectivity index (χ2v) is 6.40. The molecule has 17 heavy (non-hydrogen) atoms. The molecule has 1 fully saturated rings. The summed E-state index contributed by atoms with van der Waals surface area (Å²) in [5.41, 5.74) is -0.0953. The Labute approximate surface area is 105 Å². The van der Waals surface area contributed by atoms with Gasteiger partial charge in [0.15, 0.2) is 0 Å². The number of likely N-dealkylation sites (tertiary alicyclic amines) is 1. The zero-order valence-corrected chi connectivity index (χ0v) is 11.7. The maximum absolute atomic E-state index is 11.4. The number of hydrogen-bond donors (Lipinski definition) is 1. The molecule has 1 saturated heterocycles. The van der Waals surface area contributed by atoms with Crippen LogP contribution in [-0.4, -0.2) is 35.1 Å². The molecule has 0 aliphatic carbocycles. The summed E-state index contributed by atoms with van der Waals surface area (Å²) in [6.07, 6.45) is 4.43. The van der Waals surface area contributed by atoms with Crippen molar-refractivity contribution in [2.24, 2.45) is 11.3 Å². The number of carboxylic acid groups (broad SMARTS) is 1. The summed E-state index contributed by atoms with van der Waals surface area (Å²) in [6, 6.07) is -0.302. The minimum Gasteiger partial charge on any atom is -0.480 e. The highest BCUT2D eigenvalue weighted by Gasteiger charge is 2.41. The van der Waals surface area contributed by atoms with Crippen LogP contribution in [0, 0.1) is 11.3 Å². The topological polar surface area (TPSA) is 40.5 Å². The van der Waals surface area contributed by atoms with Gasteiger partial charge in [0.05, 0.1) is 0 Å². The molecule has 0 amide bonds. The van der Waals surface area contributed by atoms with Gasteiger partial charge in [0, 0.05) is 0 Å². The third kappa shape index (κ3) is 3.98. The first-order chi connectivity index (χ1) is 7.84. The molecule has 3 nitrogen and oxygen atoms in total. The molecule has 0 saturated carbocycles. The van der Waals surface area contributed by atoms with E-state index in [0.717, 1.165) is 32.4 Å². The van der Waals surface area contributed by atoms with E-state index >= 15 is 0 Å². The van der Waals surface area contributed by atoms with Gasteiger partial charge in [-0.25, -0.2) is 0 Å². The molecular formula is C14H27NO2. The molecule has 1 rings (SSSR count). The molecule has 3 heteroatoms. The molecule has 1 atom stereocenters. The van der Waals surface area contributed by atoms with Gasteiger partial charge in [0.25, 0.3) is 0 Å². The lowest BCUT2D eigenvalue weighted by Crippen LogP contribution is -2.54. The normalized spacial score (nSPS) is 25.1. The third-order valence-electron chi connectivity index (χ3n) is 3.83.